The van der Waals surface area contributed by atoms with Crippen molar-refractivity contribution in [2.45, 2.75) is 32.1 Å². The first-order valence-electron chi connectivity index (χ1n) is 13.1. The van der Waals surface area contributed by atoms with Gasteiger partial charge in [0.05, 0.1) is 22.9 Å². The lowest BCUT2D eigenvalue weighted by Gasteiger charge is -2.52. The van der Waals surface area contributed by atoms with Crippen molar-refractivity contribution in [2.24, 2.45) is 16.8 Å². The molecule has 1 aromatic heterocycles. The van der Waals surface area contributed by atoms with Crippen molar-refractivity contribution in [1.29, 1.82) is 5.26 Å². The second-order valence-electron chi connectivity index (χ2n) is 10.7. The van der Waals surface area contributed by atoms with E-state index < -0.39 is 17.3 Å². The maximum absolute atomic E-state index is 14.4. The summed E-state index contributed by atoms with van der Waals surface area (Å²) in [6.07, 6.45) is 1.76. The molecule has 0 radical (unpaired) electrons. The van der Waals surface area contributed by atoms with Gasteiger partial charge in [0.25, 0.3) is 0 Å². The van der Waals surface area contributed by atoms with E-state index in [2.05, 4.69) is 18.2 Å². The first-order chi connectivity index (χ1) is 18.9. The van der Waals surface area contributed by atoms with Crippen molar-refractivity contribution in [3.05, 3.63) is 118 Å². The number of carbonyl (C=O) groups is 2. The third-order valence-electron chi connectivity index (χ3n) is 8.84. The summed E-state index contributed by atoms with van der Waals surface area (Å²) < 4.78 is 5.88. The monoisotopic (exact) mass is 511 g/mol. The minimum atomic E-state index is -1.01. The minimum absolute atomic E-state index is 0.192. The fourth-order valence-electron chi connectivity index (χ4n) is 6.99. The van der Waals surface area contributed by atoms with Crippen LogP contribution in [0.5, 0.6) is 0 Å². The van der Waals surface area contributed by atoms with Crippen LogP contribution < -0.4 is 4.90 Å². The zero-order valence-electron chi connectivity index (χ0n) is 21.8. The minimum Gasteiger partial charge on any atom is -0.442 e. The highest BCUT2D eigenvalue weighted by molar-refractivity contribution is 6.25. The third kappa shape index (κ3) is 2.93. The molecular weight excluding hydrogens is 486 g/mol. The summed E-state index contributed by atoms with van der Waals surface area (Å²) in [4.78, 5) is 34.8. The molecule has 39 heavy (non-hydrogen) atoms. The molecule has 8 rings (SSSR count). The maximum Gasteiger partial charge on any atom is 0.239 e. The second kappa shape index (κ2) is 8.12. The number of nitrogens with zero attached hydrogens (tertiary/aromatic N) is 3. The van der Waals surface area contributed by atoms with Gasteiger partial charge >= 0.3 is 0 Å². The quantitative estimate of drug-likeness (QED) is 0.248. The summed E-state index contributed by atoms with van der Waals surface area (Å²) in [6.45, 7) is 5.61. The molecule has 2 bridgehead atoms. The summed E-state index contributed by atoms with van der Waals surface area (Å²) in [5.74, 6) is -1.09. The van der Waals surface area contributed by atoms with E-state index in [9.17, 15) is 14.9 Å². The molecule has 0 spiro atoms. The Hall–Kier alpha value is -4.76. The van der Waals surface area contributed by atoms with Crippen LogP contribution in [0.25, 0.3) is 0 Å². The van der Waals surface area contributed by atoms with Crippen molar-refractivity contribution in [3.63, 3.8) is 0 Å². The number of rotatable bonds is 3. The Balaban J connectivity index is 1.51. The average molecular weight is 512 g/mol. The van der Waals surface area contributed by atoms with E-state index in [4.69, 9.17) is 9.41 Å². The third-order valence-corrected chi connectivity index (χ3v) is 8.84. The van der Waals surface area contributed by atoms with Gasteiger partial charge in [-0.3, -0.25) is 9.59 Å². The van der Waals surface area contributed by atoms with Gasteiger partial charge in [-0.05, 0) is 55.2 Å². The average Bonchev–Trinajstić information content (AvgIpc) is 3.39. The Morgan fingerprint density at radius 3 is 2.13 bits per heavy atom. The molecule has 0 N–H and O–H groups in total. The summed E-state index contributed by atoms with van der Waals surface area (Å²) in [7, 11) is 0. The molecule has 1 aliphatic heterocycles. The highest BCUT2D eigenvalue weighted by atomic mass is 16.4. The maximum atomic E-state index is 14.4. The Kier molecular flexibility index (Phi) is 4.86. The first kappa shape index (κ1) is 23.4. The Labute approximate surface area is 226 Å². The van der Waals surface area contributed by atoms with Gasteiger partial charge in [0.2, 0.25) is 17.7 Å². The summed E-state index contributed by atoms with van der Waals surface area (Å²) in [5.41, 5.74) is 5.72. The summed E-state index contributed by atoms with van der Waals surface area (Å²) in [5, 5.41) is 9.81. The van der Waals surface area contributed by atoms with E-state index in [0.29, 0.717) is 17.0 Å². The fraction of sp³-hybridized carbons (Fsp3) is 0.212. The molecule has 2 amide bonds. The Morgan fingerprint density at radius 2 is 1.51 bits per heavy atom. The van der Waals surface area contributed by atoms with Crippen LogP contribution in [0.4, 0.5) is 11.6 Å². The van der Waals surface area contributed by atoms with Crippen LogP contribution in [0.2, 0.25) is 0 Å². The van der Waals surface area contributed by atoms with Crippen molar-refractivity contribution in [1.82, 2.24) is 0 Å². The molecule has 0 unspecified atom stereocenters. The molecule has 190 valence electrons. The van der Waals surface area contributed by atoms with Gasteiger partial charge < -0.3 is 4.42 Å². The van der Waals surface area contributed by atoms with Crippen molar-refractivity contribution in [2.75, 3.05) is 4.90 Å². The standard InChI is InChI=1S/C33H25N3O3/c1-18-12-14-21(15-13-18)36-31(37)28-27-22-8-4-6-10-25(22)33(29(28)32(36)38,26-11-7-5-9-23(26)27)17-35-30-24(16-34)19(2)20(3)39-30/h4-15,17,27-29H,1-3H3/t27?,28-,29-,33?/m1/s1. The van der Waals surface area contributed by atoms with Crippen molar-refractivity contribution in [3.8, 4) is 6.07 Å². The number of benzene rings is 3. The first-order valence-corrected chi connectivity index (χ1v) is 13.1. The van der Waals surface area contributed by atoms with Crippen LogP contribution in [0.3, 0.4) is 0 Å². The zero-order valence-corrected chi connectivity index (χ0v) is 21.8. The van der Waals surface area contributed by atoms with Gasteiger partial charge in [0, 0.05) is 17.7 Å². The predicted octanol–water partition coefficient (Wildman–Crippen LogP) is 6.03. The molecule has 2 heterocycles. The number of anilines is 1. The number of aryl methyl sites for hydroxylation is 2. The van der Waals surface area contributed by atoms with E-state index in [-0.39, 0.29) is 23.6 Å². The number of nitriles is 1. The molecule has 2 atom stereocenters. The second-order valence-corrected chi connectivity index (χ2v) is 10.7. The number of hydrogen-bond donors (Lipinski definition) is 0. The van der Waals surface area contributed by atoms with E-state index >= 15 is 0 Å². The SMILES string of the molecule is Cc1ccc(N2C(=O)[C@@H]3C4c5ccccc5C(C=Nc5oc(C)c(C)c5C#N)(c5ccccc54)[C@H]3C2=O)cc1. The number of hydrogen-bond acceptors (Lipinski definition) is 5. The largest absolute Gasteiger partial charge is 0.442 e. The molecule has 1 saturated heterocycles. The van der Waals surface area contributed by atoms with Gasteiger partial charge in [-0.1, -0.05) is 66.2 Å². The number of carbonyl (C=O) groups excluding carboxylic acids is 2. The molecule has 4 aliphatic rings. The van der Waals surface area contributed by atoms with E-state index in [1.54, 1.807) is 13.1 Å². The van der Waals surface area contributed by atoms with Gasteiger partial charge in [0.15, 0.2) is 0 Å². The molecule has 1 fully saturated rings. The van der Waals surface area contributed by atoms with Crippen molar-refractivity contribution >= 4 is 29.6 Å². The number of furan rings is 1. The van der Waals surface area contributed by atoms with E-state index in [1.807, 2.05) is 74.5 Å². The summed E-state index contributed by atoms with van der Waals surface area (Å²) >= 11 is 0. The normalized spacial score (nSPS) is 24.6. The van der Waals surface area contributed by atoms with Crippen LogP contribution in [0.1, 0.15) is 50.6 Å². The molecule has 6 nitrogen and oxygen atoms in total. The number of imide groups is 1. The fourth-order valence-corrected chi connectivity index (χ4v) is 6.99. The van der Waals surface area contributed by atoms with Gasteiger partial charge in [-0.15, -0.1) is 0 Å². The topological polar surface area (TPSA) is 86.7 Å². The molecular formula is C33H25N3O3. The lowest BCUT2D eigenvalue weighted by atomic mass is 9.47. The molecule has 0 saturated carbocycles. The Morgan fingerprint density at radius 1 is 0.897 bits per heavy atom. The van der Waals surface area contributed by atoms with Crippen LogP contribution in [-0.2, 0) is 15.0 Å². The van der Waals surface area contributed by atoms with Gasteiger partial charge in [-0.25, -0.2) is 9.89 Å². The lowest BCUT2D eigenvalue weighted by Crippen LogP contribution is -2.54. The van der Waals surface area contributed by atoms with E-state index in [1.165, 1.54) is 4.90 Å². The van der Waals surface area contributed by atoms with Crippen molar-refractivity contribution < 1.29 is 14.0 Å². The number of aliphatic imine (C=N–C) groups is 1. The Bertz CT molecular complexity index is 1730. The zero-order chi connectivity index (χ0) is 27.1. The van der Waals surface area contributed by atoms with Gasteiger partial charge in [-0.2, -0.15) is 5.26 Å². The molecule has 3 aromatic carbocycles. The predicted molar refractivity (Wildman–Crippen MR) is 147 cm³/mol. The lowest BCUT2D eigenvalue weighted by molar-refractivity contribution is -0.122. The van der Waals surface area contributed by atoms with Crippen LogP contribution >= 0.6 is 0 Å². The molecule has 6 heteroatoms. The van der Waals surface area contributed by atoms with E-state index in [0.717, 1.165) is 33.4 Å². The van der Waals surface area contributed by atoms with Crippen LogP contribution in [0.15, 0.2) is 82.2 Å². The molecule has 4 aromatic rings. The van der Waals surface area contributed by atoms with Crippen LogP contribution in [-0.4, -0.2) is 18.0 Å². The summed E-state index contributed by atoms with van der Waals surface area (Å²) in [6, 6.07) is 25.8. The smallest absolute Gasteiger partial charge is 0.239 e. The highest BCUT2D eigenvalue weighted by Crippen LogP contribution is 2.63. The molecule has 3 aliphatic carbocycles. The van der Waals surface area contributed by atoms with Gasteiger partial charge in [0.1, 0.15) is 17.4 Å². The number of amides is 2. The van der Waals surface area contributed by atoms with Crippen LogP contribution in [0, 0.1) is 43.9 Å². The highest BCUT2D eigenvalue weighted by Gasteiger charge is 2.68.